The lowest BCUT2D eigenvalue weighted by Gasteiger charge is -2.08. The second-order valence-corrected chi connectivity index (χ2v) is 7.15. The summed E-state index contributed by atoms with van der Waals surface area (Å²) in [5, 5.41) is 14.0. The highest BCUT2D eigenvalue weighted by molar-refractivity contribution is 7.08. The Hall–Kier alpha value is -3.66. The minimum atomic E-state index is -4.56. The maximum absolute atomic E-state index is 12.9. The molecule has 0 aliphatic carbocycles. The summed E-state index contributed by atoms with van der Waals surface area (Å²) in [4.78, 5) is 12.3. The smallest absolute Gasteiger partial charge is 0.416 e. The highest BCUT2D eigenvalue weighted by Crippen LogP contribution is 2.35. The van der Waals surface area contributed by atoms with Gasteiger partial charge in [-0.2, -0.15) is 24.5 Å². The summed E-state index contributed by atoms with van der Waals surface area (Å²) in [6.45, 7) is 0. The number of hydrogen-bond acceptors (Lipinski definition) is 6. The van der Waals surface area contributed by atoms with E-state index in [0.717, 1.165) is 29.3 Å². The van der Waals surface area contributed by atoms with Gasteiger partial charge in [-0.15, -0.1) is 5.10 Å². The zero-order valence-corrected chi connectivity index (χ0v) is 16.8. The predicted octanol–water partition coefficient (Wildman–Crippen LogP) is 5.74. The number of anilines is 1. The predicted molar refractivity (Wildman–Crippen MR) is 109 cm³/mol. The van der Waals surface area contributed by atoms with Crippen molar-refractivity contribution in [1.29, 1.82) is 0 Å². The van der Waals surface area contributed by atoms with Gasteiger partial charge in [0, 0.05) is 5.56 Å². The monoisotopic (exact) mass is 445 g/mol. The van der Waals surface area contributed by atoms with Crippen molar-refractivity contribution in [2.75, 3.05) is 12.4 Å². The fraction of sp³-hybridized carbons (Fsp3) is 0.0952. The third-order valence-electron chi connectivity index (χ3n) is 4.38. The molecule has 2 heterocycles. The van der Waals surface area contributed by atoms with Gasteiger partial charge in [0.15, 0.2) is 0 Å². The van der Waals surface area contributed by atoms with Crippen molar-refractivity contribution < 1.29 is 27.1 Å². The van der Waals surface area contributed by atoms with E-state index in [0.29, 0.717) is 11.3 Å². The number of alkyl halides is 3. The van der Waals surface area contributed by atoms with E-state index in [-0.39, 0.29) is 17.5 Å². The number of nitrogens with zero attached hydrogens (tertiary/aromatic N) is 2. The number of methoxy groups -OCH3 is 1. The van der Waals surface area contributed by atoms with E-state index in [1.165, 1.54) is 13.2 Å². The second kappa shape index (κ2) is 8.23. The van der Waals surface area contributed by atoms with Crippen molar-refractivity contribution in [3.05, 3.63) is 70.4 Å². The van der Waals surface area contributed by atoms with Crippen LogP contribution in [0.1, 0.15) is 15.9 Å². The Labute approximate surface area is 178 Å². The molecule has 6 nitrogen and oxygen atoms in total. The Kier molecular flexibility index (Phi) is 5.47. The molecule has 0 atom stereocenters. The normalized spacial score (nSPS) is 11.4. The summed E-state index contributed by atoms with van der Waals surface area (Å²) in [5.41, 5.74) is 1.31. The van der Waals surface area contributed by atoms with Crippen LogP contribution in [0.25, 0.3) is 22.6 Å². The molecular formula is C21H14F3N3O3S. The second-order valence-electron chi connectivity index (χ2n) is 6.37. The molecule has 158 valence electrons. The van der Waals surface area contributed by atoms with Crippen LogP contribution in [0.5, 0.6) is 5.75 Å². The molecule has 0 aliphatic rings. The molecule has 0 saturated carbocycles. The van der Waals surface area contributed by atoms with Gasteiger partial charge in [0.2, 0.25) is 0 Å². The Bertz CT molecular complexity index is 1220. The van der Waals surface area contributed by atoms with Crippen molar-refractivity contribution in [1.82, 2.24) is 10.2 Å². The van der Waals surface area contributed by atoms with Gasteiger partial charge >= 0.3 is 12.2 Å². The van der Waals surface area contributed by atoms with Gasteiger partial charge in [-0.3, -0.25) is 10.1 Å². The number of benzene rings is 2. The fourth-order valence-electron chi connectivity index (χ4n) is 2.87. The lowest BCUT2D eigenvalue weighted by Crippen LogP contribution is -2.14. The first kappa shape index (κ1) is 20.6. The molecule has 4 aromatic rings. The molecule has 2 aromatic carbocycles. The van der Waals surface area contributed by atoms with Crippen LogP contribution in [0.4, 0.5) is 19.2 Å². The number of carbonyl (C=O) groups excluding carboxylic acids is 1. The maximum atomic E-state index is 12.9. The van der Waals surface area contributed by atoms with Gasteiger partial charge in [0.05, 0.1) is 18.2 Å². The fourth-order valence-corrected chi connectivity index (χ4v) is 3.54. The van der Waals surface area contributed by atoms with Crippen LogP contribution in [-0.4, -0.2) is 23.2 Å². The summed E-state index contributed by atoms with van der Waals surface area (Å²) < 4.78 is 49.5. The van der Waals surface area contributed by atoms with E-state index in [1.807, 2.05) is 29.0 Å². The van der Waals surface area contributed by atoms with E-state index in [2.05, 4.69) is 15.5 Å². The zero-order chi connectivity index (χ0) is 22.0. The lowest BCUT2D eigenvalue weighted by molar-refractivity contribution is -0.137. The summed E-state index contributed by atoms with van der Waals surface area (Å²) in [6, 6.07) is 11.2. The Morgan fingerprint density at radius 3 is 2.65 bits per heavy atom. The number of hydrogen-bond donors (Lipinski definition) is 1. The Morgan fingerprint density at radius 1 is 1.10 bits per heavy atom. The largest absolute Gasteiger partial charge is 0.496 e. The average molecular weight is 445 g/mol. The van der Waals surface area contributed by atoms with Crippen LogP contribution in [0.15, 0.2) is 63.7 Å². The van der Waals surface area contributed by atoms with Crippen LogP contribution in [-0.2, 0) is 6.18 Å². The van der Waals surface area contributed by atoms with Gasteiger partial charge in [-0.05, 0) is 58.3 Å². The van der Waals surface area contributed by atoms with E-state index < -0.39 is 17.6 Å². The number of nitrogens with one attached hydrogen (secondary N) is 1. The van der Waals surface area contributed by atoms with E-state index in [9.17, 15) is 18.0 Å². The summed E-state index contributed by atoms with van der Waals surface area (Å²) in [5.74, 6) is -0.230. The number of ether oxygens (including phenoxy) is 1. The molecule has 0 bridgehead atoms. The number of halogens is 3. The third-order valence-corrected chi connectivity index (χ3v) is 5.07. The molecule has 0 saturated heterocycles. The highest BCUT2D eigenvalue weighted by atomic mass is 32.1. The minimum absolute atomic E-state index is 0.0910. The number of aromatic nitrogens is 2. The molecule has 0 radical (unpaired) electrons. The molecule has 0 fully saturated rings. The highest BCUT2D eigenvalue weighted by Gasteiger charge is 2.31. The average Bonchev–Trinajstić information content (AvgIpc) is 3.45. The molecule has 0 aliphatic heterocycles. The Morgan fingerprint density at radius 2 is 1.94 bits per heavy atom. The van der Waals surface area contributed by atoms with Crippen molar-refractivity contribution in [3.8, 4) is 28.3 Å². The molecular weight excluding hydrogens is 431 g/mol. The number of amides is 1. The molecule has 0 spiro atoms. The van der Waals surface area contributed by atoms with Crippen LogP contribution < -0.4 is 10.1 Å². The third kappa shape index (κ3) is 4.43. The first-order chi connectivity index (χ1) is 14.8. The van der Waals surface area contributed by atoms with Gasteiger partial charge < -0.3 is 9.15 Å². The van der Waals surface area contributed by atoms with Crippen molar-refractivity contribution >= 4 is 23.3 Å². The van der Waals surface area contributed by atoms with Crippen molar-refractivity contribution in [3.63, 3.8) is 0 Å². The topological polar surface area (TPSA) is 77.3 Å². The van der Waals surface area contributed by atoms with Gasteiger partial charge in [0.1, 0.15) is 5.75 Å². The first-order valence-electron chi connectivity index (χ1n) is 8.88. The standard InChI is InChI=1S/C21H14F3N3O3S/c1-29-17-6-5-12(14-7-8-31-11-14)10-16(17)19-26-27-20(30-19)25-18(28)13-3-2-4-15(9-13)21(22,23)24/h2-11H,1H3,(H,25,27,28). The van der Waals surface area contributed by atoms with Gasteiger partial charge in [-0.1, -0.05) is 17.2 Å². The molecule has 10 heteroatoms. The zero-order valence-electron chi connectivity index (χ0n) is 15.9. The van der Waals surface area contributed by atoms with E-state index in [4.69, 9.17) is 9.15 Å². The molecule has 0 unspecified atom stereocenters. The van der Waals surface area contributed by atoms with Crippen LogP contribution in [0.2, 0.25) is 0 Å². The molecule has 31 heavy (non-hydrogen) atoms. The SMILES string of the molecule is COc1ccc(-c2ccsc2)cc1-c1nnc(NC(=O)c2cccc(C(F)(F)F)c2)o1. The minimum Gasteiger partial charge on any atom is -0.496 e. The lowest BCUT2D eigenvalue weighted by atomic mass is 10.1. The number of thiophene rings is 1. The first-order valence-corrected chi connectivity index (χ1v) is 9.82. The van der Waals surface area contributed by atoms with E-state index in [1.54, 1.807) is 17.4 Å². The van der Waals surface area contributed by atoms with Crippen molar-refractivity contribution in [2.45, 2.75) is 6.18 Å². The maximum Gasteiger partial charge on any atom is 0.416 e. The number of carbonyl (C=O) groups is 1. The Balaban J connectivity index is 1.59. The summed E-state index contributed by atoms with van der Waals surface area (Å²) in [6.07, 6.45) is -4.56. The molecule has 2 aromatic heterocycles. The quantitative estimate of drug-likeness (QED) is 0.424. The van der Waals surface area contributed by atoms with Gasteiger partial charge in [0.25, 0.3) is 11.8 Å². The summed E-state index contributed by atoms with van der Waals surface area (Å²) in [7, 11) is 1.50. The van der Waals surface area contributed by atoms with Crippen molar-refractivity contribution in [2.24, 2.45) is 0 Å². The van der Waals surface area contributed by atoms with Crippen LogP contribution in [0, 0.1) is 0 Å². The summed E-state index contributed by atoms with van der Waals surface area (Å²) >= 11 is 1.56. The van der Waals surface area contributed by atoms with Crippen LogP contribution in [0.3, 0.4) is 0 Å². The number of rotatable bonds is 5. The van der Waals surface area contributed by atoms with E-state index >= 15 is 0 Å². The molecule has 1 N–H and O–H groups in total. The molecule has 4 rings (SSSR count). The van der Waals surface area contributed by atoms with Gasteiger partial charge in [-0.25, -0.2) is 0 Å². The molecule has 1 amide bonds. The van der Waals surface area contributed by atoms with Crippen LogP contribution >= 0.6 is 11.3 Å².